The number of carboxylic acid groups (broad SMARTS) is 1. The minimum absolute atomic E-state index is 0.0393. The maximum absolute atomic E-state index is 12.5. The molecule has 0 unspecified atom stereocenters. The molecule has 0 bridgehead atoms. The van der Waals surface area contributed by atoms with Crippen molar-refractivity contribution in [3.8, 4) is 0 Å². The van der Waals surface area contributed by atoms with Gasteiger partial charge in [-0.2, -0.15) is 0 Å². The normalized spacial score (nSPS) is 10.9. The Balaban J connectivity index is 2.14. The molecule has 0 heterocycles. The summed E-state index contributed by atoms with van der Waals surface area (Å²) in [7, 11) is 0. The molecule has 7 heteroatoms. The van der Waals surface area contributed by atoms with Gasteiger partial charge in [0.2, 0.25) is 0 Å². The molecule has 0 saturated carbocycles. The third kappa shape index (κ3) is 7.07. The van der Waals surface area contributed by atoms with Gasteiger partial charge in [0.1, 0.15) is 5.70 Å². The van der Waals surface area contributed by atoms with Crippen LogP contribution in [0.15, 0.2) is 64.8 Å². The maximum atomic E-state index is 12.5. The monoisotopic (exact) mass is 430 g/mol. The van der Waals surface area contributed by atoms with Gasteiger partial charge in [-0.1, -0.05) is 46.3 Å². The van der Waals surface area contributed by atoms with Crippen LogP contribution in [0.3, 0.4) is 0 Å². The van der Waals surface area contributed by atoms with Crippen LogP contribution in [-0.2, 0) is 9.59 Å². The first-order chi connectivity index (χ1) is 13.0. The standard InChI is InChI=1S/C20H19BrN2O4/c21-16-10-8-14(9-11-16)13-17(20(27)22-12-4-7-18(24)25)23-19(26)15-5-2-1-3-6-15/h1-3,5-6,8-11,13H,4,7,12H2,(H,22,27)(H,23,26)(H,24,25). The van der Waals surface area contributed by atoms with Crippen molar-refractivity contribution in [3.63, 3.8) is 0 Å². The second-order valence-corrected chi connectivity index (χ2v) is 6.60. The zero-order valence-electron chi connectivity index (χ0n) is 14.4. The van der Waals surface area contributed by atoms with Gasteiger partial charge in [0.25, 0.3) is 11.8 Å². The number of halogens is 1. The molecule has 0 radical (unpaired) electrons. The molecular weight excluding hydrogens is 412 g/mol. The molecular formula is C20H19BrN2O4. The molecule has 2 rings (SSSR count). The summed E-state index contributed by atoms with van der Waals surface area (Å²) in [4.78, 5) is 35.4. The molecule has 2 amide bonds. The Bertz CT molecular complexity index is 833. The summed E-state index contributed by atoms with van der Waals surface area (Å²) in [5.74, 6) is -1.81. The third-order valence-corrected chi connectivity index (χ3v) is 4.09. The summed E-state index contributed by atoms with van der Waals surface area (Å²) in [5.41, 5.74) is 1.25. The van der Waals surface area contributed by atoms with E-state index in [-0.39, 0.29) is 18.7 Å². The fourth-order valence-electron chi connectivity index (χ4n) is 2.20. The summed E-state index contributed by atoms with van der Waals surface area (Å²) in [6.07, 6.45) is 1.83. The zero-order valence-corrected chi connectivity index (χ0v) is 16.0. The number of hydrogen-bond donors (Lipinski definition) is 3. The van der Waals surface area contributed by atoms with Gasteiger partial charge in [0.05, 0.1) is 0 Å². The van der Waals surface area contributed by atoms with Crippen molar-refractivity contribution < 1.29 is 19.5 Å². The van der Waals surface area contributed by atoms with Crippen LogP contribution >= 0.6 is 15.9 Å². The molecule has 0 aliphatic heterocycles. The number of carbonyl (C=O) groups is 3. The Morgan fingerprint density at radius 1 is 1.00 bits per heavy atom. The highest BCUT2D eigenvalue weighted by Gasteiger charge is 2.14. The molecule has 0 aromatic heterocycles. The van der Waals surface area contributed by atoms with E-state index < -0.39 is 17.8 Å². The van der Waals surface area contributed by atoms with Crippen LogP contribution in [0.4, 0.5) is 0 Å². The van der Waals surface area contributed by atoms with Gasteiger partial charge in [-0.05, 0) is 42.3 Å². The van der Waals surface area contributed by atoms with Crippen LogP contribution in [-0.4, -0.2) is 29.4 Å². The van der Waals surface area contributed by atoms with E-state index >= 15 is 0 Å². The molecule has 0 aliphatic rings. The predicted octanol–water partition coefficient (Wildman–Crippen LogP) is 3.20. The number of amides is 2. The van der Waals surface area contributed by atoms with Gasteiger partial charge >= 0.3 is 5.97 Å². The first kappa shape index (κ1) is 20.4. The van der Waals surface area contributed by atoms with Gasteiger partial charge in [-0.15, -0.1) is 0 Å². The highest BCUT2D eigenvalue weighted by Crippen LogP contribution is 2.13. The minimum atomic E-state index is -0.924. The number of hydrogen-bond acceptors (Lipinski definition) is 3. The molecule has 0 saturated heterocycles. The zero-order chi connectivity index (χ0) is 19.6. The van der Waals surface area contributed by atoms with E-state index in [9.17, 15) is 14.4 Å². The van der Waals surface area contributed by atoms with E-state index in [0.29, 0.717) is 12.0 Å². The fraction of sp³-hybridized carbons (Fsp3) is 0.150. The number of carbonyl (C=O) groups excluding carboxylic acids is 2. The minimum Gasteiger partial charge on any atom is -0.481 e. The summed E-state index contributed by atoms with van der Waals surface area (Å²) in [6.45, 7) is 0.198. The van der Waals surface area contributed by atoms with E-state index in [0.717, 1.165) is 10.0 Å². The maximum Gasteiger partial charge on any atom is 0.303 e. The van der Waals surface area contributed by atoms with Crippen LogP contribution in [0.2, 0.25) is 0 Å². The Labute approximate surface area is 165 Å². The first-order valence-corrected chi connectivity index (χ1v) is 9.08. The Morgan fingerprint density at radius 3 is 2.30 bits per heavy atom. The second kappa shape index (κ2) is 10.3. The Hall–Kier alpha value is -2.93. The summed E-state index contributed by atoms with van der Waals surface area (Å²) >= 11 is 3.35. The molecule has 27 heavy (non-hydrogen) atoms. The Morgan fingerprint density at radius 2 is 1.67 bits per heavy atom. The van der Waals surface area contributed by atoms with Crippen molar-refractivity contribution in [3.05, 3.63) is 75.9 Å². The lowest BCUT2D eigenvalue weighted by Crippen LogP contribution is -2.35. The van der Waals surface area contributed by atoms with E-state index in [1.807, 2.05) is 12.1 Å². The van der Waals surface area contributed by atoms with Crippen LogP contribution < -0.4 is 10.6 Å². The summed E-state index contributed by atoms with van der Waals surface area (Å²) in [6, 6.07) is 15.8. The highest BCUT2D eigenvalue weighted by atomic mass is 79.9. The smallest absolute Gasteiger partial charge is 0.303 e. The first-order valence-electron chi connectivity index (χ1n) is 8.29. The van der Waals surface area contributed by atoms with Crippen molar-refractivity contribution in [2.75, 3.05) is 6.54 Å². The molecule has 0 spiro atoms. The van der Waals surface area contributed by atoms with Crippen molar-refractivity contribution in [1.82, 2.24) is 10.6 Å². The number of rotatable bonds is 8. The lowest BCUT2D eigenvalue weighted by Gasteiger charge is -2.11. The Kier molecular flexibility index (Phi) is 7.76. The predicted molar refractivity (Wildman–Crippen MR) is 106 cm³/mol. The van der Waals surface area contributed by atoms with E-state index in [1.165, 1.54) is 0 Å². The molecule has 0 aliphatic carbocycles. The number of nitrogens with one attached hydrogen (secondary N) is 2. The summed E-state index contributed by atoms with van der Waals surface area (Å²) in [5, 5.41) is 13.9. The topological polar surface area (TPSA) is 95.5 Å². The highest BCUT2D eigenvalue weighted by molar-refractivity contribution is 9.10. The lowest BCUT2D eigenvalue weighted by atomic mass is 10.1. The van der Waals surface area contributed by atoms with Crippen LogP contribution in [0.5, 0.6) is 0 Å². The third-order valence-electron chi connectivity index (χ3n) is 3.56. The second-order valence-electron chi connectivity index (χ2n) is 5.68. The van der Waals surface area contributed by atoms with Crippen molar-refractivity contribution in [2.24, 2.45) is 0 Å². The number of benzene rings is 2. The fourth-order valence-corrected chi connectivity index (χ4v) is 2.47. The van der Waals surface area contributed by atoms with E-state index in [1.54, 1.807) is 48.5 Å². The van der Waals surface area contributed by atoms with Gasteiger partial charge in [0, 0.05) is 23.0 Å². The molecule has 3 N–H and O–H groups in total. The SMILES string of the molecule is O=C(O)CCCNC(=O)C(=Cc1ccc(Br)cc1)NC(=O)c1ccccc1. The molecule has 140 valence electrons. The number of aliphatic carboxylic acids is 1. The number of carboxylic acids is 1. The molecule has 0 atom stereocenters. The van der Waals surface area contributed by atoms with Crippen molar-refractivity contribution in [1.29, 1.82) is 0 Å². The van der Waals surface area contributed by atoms with E-state index in [4.69, 9.17) is 5.11 Å². The van der Waals surface area contributed by atoms with Crippen molar-refractivity contribution >= 4 is 39.8 Å². The molecule has 0 fully saturated rings. The van der Waals surface area contributed by atoms with Crippen LogP contribution in [0.1, 0.15) is 28.8 Å². The summed E-state index contributed by atoms with van der Waals surface area (Å²) < 4.78 is 0.896. The van der Waals surface area contributed by atoms with Crippen LogP contribution in [0.25, 0.3) is 6.08 Å². The van der Waals surface area contributed by atoms with Gasteiger partial charge in [-0.25, -0.2) is 0 Å². The molecule has 2 aromatic rings. The largest absolute Gasteiger partial charge is 0.481 e. The van der Waals surface area contributed by atoms with Gasteiger partial charge < -0.3 is 15.7 Å². The average molecular weight is 431 g/mol. The van der Waals surface area contributed by atoms with Gasteiger partial charge in [-0.3, -0.25) is 14.4 Å². The van der Waals surface area contributed by atoms with E-state index in [2.05, 4.69) is 26.6 Å². The average Bonchev–Trinajstić information content (AvgIpc) is 2.66. The molecule has 2 aromatic carbocycles. The quantitative estimate of drug-likeness (QED) is 0.442. The molecule has 6 nitrogen and oxygen atoms in total. The van der Waals surface area contributed by atoms with Crippen molar-refractivity contribution in [2.45, 2.75) is 12.8 Å². The van der Waals surface area contributed by atoms with Gasteiger partial charge in [0.15, 0.2) is 0 Å². The van der Waals surface area contributed by atoms with Crippen LogP contribution in [0, 0.1) is 0 Å². The lowest BCUT2D eigenvalue weighted by molar-refractivity contribution is -0.137.